The number of rotatable bonds is 6. The molecule has 0 unspecified atom stereocenters. The fraction of sp³-hybridized carbons (Fsp3) is 0.348. The van der Waals surface area contributed by atoms with Crippen LogP contribution in [0.1, 0.15) is 37.7 Å². The van der Waals surface area contributed by atoms with Gasteiger partial charge in [-0.1, -0.05) is 60.3 Å². The number of nitrogens with zero attached hydrogens (tertiary/aromatic N) is 1. The zero-order chi connectivity index (χ0) is 18.9. The quantitative estimate of drug-likeness (QED) is 0.267. The summed E-state index contributed by atoms with van der Waals surface area (Å²) in [6.45, 7) is 2.11. The van der Waals surface area contributed by atoms with Gasteiger partial charge in [-0.2, -0.15) is 0 Å². The molecule has 1 aliphatic rings. The Balaban J connectivity index is 1.66. The van der Waals surface area contributed by atoms with Gasteiger partial charge in [0.2, 0.25) is 0 Å². The molecule has 3 rings (SSSR count). The van der Waals surface area contributed by atoms with Crippen molar-refractivity contribution in [2.24, 2.45) is 10.9 Å². The van der Waals surface area contributed by atoms with E-state index < -0.39 is 0 Å². The van der Waals surface area contributed by atoms with Crippen LogP contribution in [0, 0.1) is 12.8 Å². The third-order valence-corrected chi connectivity index (χ3v) is 6.92. The molecule has 1 saturated carbocycles. The van der Waals surface area contributed by atoms with E-state index in [0.29, 0.717) is 0 Å². The van der Waals surface area contributed by atoms with Crippen LogP contribution in [0.5, 0.6) is 0 Å². The van der Waals surface area contributed by atoms with Gasteiger partial charge in [-0.05, 0) is 73.6 Å². The first-order chi connectivity index (χ1) is 13.2. The average molecular weight is 416 g/mol. The molecule has 1 aliphatic carbocycles. The molecule has 0 radical (unpaired) electrons. The van der Waals surface area contributed by atoms with Crippen LogP contribution in [0.3, 0.4) is 0 Å². The van der Waals surface area contributed by atoms with E-state index >= 15 is 0 Å². The summed E-state index contributed by atoms with van der Waals surface area (Å²) in [6, 6.07) is 16.4. The van der Waals surface area contributed by atoms with Gasteiger partial charge >= 0.3 is 0 Å². The number of hydrogen-bond acceptors (Lipinski definition) is 3. The summed E-state index contributed by atoms with van der Waals surface area (Å²) < 4.78 is 0. The second-order valence-electron chi connectivity index (χ2n) is 6.98. The van der Waals surface area contributed by atoms with E-state index in [2.05, 4.69) is 42.7 Å². The maximum Gasteiger partial charge on any atom is 0.0972 e. The van der Waals surface area contributed by atoms with Crippen LogP contribution < -0.4 is 0 Å². The predicted molar refractivity (Wildman–Crippen MR) is 124 cm³/mol. The largest absolute Gasteiger partial charge is 0.242 e. The summed E-state index contributed by atoms with van der Waals surface area (Å²) in [5, 5.41) is 3.99. The first-order valence-corrected chi connectivity index (χ1v) is 11.8. The lowest BCUT2D eigenvalue weighted by atomic mass is 9.91. The molecule has 0 amide bonds. The molecule has 0 spiro atoms. The van der Waals surface area contributed by atoms with E-state index in [-0.39, 0.29) is 0 Å². The summed E-state index contributed by atoms with van der Waals surface area (Å²) in [5.41, 5.74) is 2.28. The van der Waals surface area contributed by atoms with Crippen molar-refractivity contribution in [3.8, 4) is 0 Å². The lowest BCUT2D eigenvalue weighted by Crippen LogP contribution is -2.09. The van der Waals surface area contributed by atoms with Gasteiger partial charge in [0.1, 0.15) is 0 Å². The van der Waals surface area contributed by atoms with Crippen molar-refractivity contribution in [3.63, 3.8) is 0 Å². The van der Waals surface area contributed by atoms with Crippen molar-refractivity contribution in [2.75, 3.05) is 5.75 Å². The Morgan fingerprint density at radius 1 is 1.04 bits per heavy atom. The predicted octanol–water partition coefficient (Wildman–Crippen LogP) is 8.30. The lowest BCUT2D eigenvalue weighted by Gasteiger charge is -2.20. The maximum atomic E-state index is 5.96. The minimum atomic E-state index is 0.771. The summed E-state index contributed by atoms with van der Waals surface area (Å²) in [7, 11) is 0. The maximum absolute atomic E-state index is 5.96. The lowest BCUT2D eigenvalue weighted by molar-refractivity contribution is 0.391. The first kappa shape index (κ1) is 20.6. The van der Waals surface area contributed by atoms with Crippen molar-refractivity contribution in [3.05, 3.63) is 70.6 Å². The fourth-order valence-corrected chi connectivity index (χ4v) is 5.04. The number of aliphatic imine (C=N–C) groups is 1. The normalized spacial score (nSPS) is 16.1. The van der Waals surface area contributed by atoms with Crippen LogP contribution in [-0.2, 0) is 0 Å². The van der Waals surface area contributed by atoms with E-state index in [9.17, 15) is 0 Å². The van der Waals surface area contributed by atoms with Crippen LogP contribution in [0.2, 0.25) is 5.02 Å². The van der Waals surface area contributed by atoms with E-state index in [1.807, 2.05) is 36.0 Å². The highest BCUT2D eigenvalue weighted by molar-refractivity contribution is 8.14. The van der Waals surface area contributed by atoms with Gasteiger partial charge in [0.05, 0.1) is 10.7 Å². The molecule has 0 aromatic heterocycles. The molecule has 0 heterocycles. The molecule has 0 N–H and O–H groups in total. The SMILES string of the molecule is Cc1ccc(N=C(C=CSc2ccc(Cl)cc2)SCC2CCCCC2)cc1. The molecule has 2 aromatic rings. The summed E-state index contributed by atoms with van der Waals surface area (Å²) in [6.07, 6.45) is 9.06. The number of hydrogen-bond donors (Lipinski definition) is 0. The molecular formula is C23H26ClNS2. The van der Waals surface area contributed by atoms with Gasteiger partial charge in [-0.15, -0.1) is 11.8 Å². The molecule has 0 saturated heterocycles. The van der Waals surface area contributed by atoms with Gasteiger partial charge in [-0.3, -0.25) is 0 Å². The Morgan fingerprint density at radius 3 is 2.44 bits per heavy atom. The van der Waals surface area contributed by atoms with Gasteiger partial charge < -0.3 is 0 Å². The van der Waals surface area contributed by atoms with E-state index in [4.69, 9.17) is 16.6 Å². The molecule has 27 heavy (non-hydrogen) atoms. The van der Waals surface area contributed by atoms with Crippen molar-refractivity contribution in [1.29, 1.82) is 0 Å². The minimum Gasteiger partial charge on any atom is -0.242 e. The minimum absolute atomic E-state index is 0.771. The van der Waals surface area contributed by atoms with Crippen LogP contribution in [-0.4, -0.2) is 10.8 Å². The van der Waals surface area contributed by atoms with Gasteiger partial charge in [-0.25, -0.2) is 4.99 Å². The van der Waals surface area contributed by atoms with Crippen LogP contribution in [0.4, 0.5) is 5.69 Å². The number of aryl methyl sites for hydroxylation is 1. The summed E-state index contributed by atoms with van der Waals surface area (Å²) >= 11 is 9.55. The monoisotopic (exact) mass is 415 g/mol. The number of thioether (sulfide) groups is 2. The Morgan fingerprint density at radius 2 is 1.74 bits per heavy atom. The highest BCUT2D eigenvalue weighted by atomic mass is 35.5. The van der Waals surface area contributed by atoms with E-state index in [1.165, 1.54) is 48.3 Å². The molecule has 0 bridgehead atoms. The summed E-state index contributed by atoms with van der Waals surface area (Å²) in [4.78, 5) is 6.07. The topological polar surface area (TPSA) is 12.4 Å². The number of benzene rings is 2. The highest BCUT2D eigenvalue weighted by Gasteiger charge is 2.14. The van der Waals surface area contributed by atoms with Crippen LogP contribution in [0.15, 0.2) is 69.9 Å². The molecule has 2 aromatic carbocycles. The summed E-state index contributed by atoms with van der Waals surface area (Å²) in [5.74, 6) is 2.00. The highest BCUT2D eigenvalue weighted by Crippen LogP contribution is 2.29. The molecular weight excluding hydrogens is 390 g/mol. The second-order valence-corrected chi connectivity index (χ2v) is 9.43. The molecule has 1 fully saturated rings. The Labute approximate surface area is 176 Å². The van der Waals surface area contributed by atoms with Crippen molar-refractivity contribution in [2.45, 2.75) is 43.9 Å². The van der Waals surface area contributed by atoms with Crippen molar-refractivity contribution < 1.29 is 0 Å². The standard InChI is InChI=1S/C23H26ClNS2/c1-18-7-11-21(12-8-18)25-23(27-17-19-5-3-2-4-6-19)15-16-26-22-13-9-20(24)10-14-22/h7-16,19H,2-6,17H2,1H3. The third-order valence-electron chi connectivity index (χ3n) is 4.69. The van der Waals surface area contributed by atoms with Gasteiger partial charge in [0, 0.05) is 15.7 Å². The molecule has 1 nitrogen and oxygen atoms in total. The van der Waals surface area contributed by atoms with Gasteiger partial charge in [0.15, 0.2) is 0 Å². The zero-order valence-corrected chi connectivity index (χ0v) is 18.1. The Kier molecular flexibility index (Phi) is 8.37. The fourth-order valence-electron chi connectivity index (χ4n) is 3.11. The van der Waals surface area contributed by atoms with Crippen molar-refractivity contribution >= 4 is 45.9 Å². The number of halogens is 1. The van der Waals surface area contributed by atoms with Crippen LogP contribution in [0.25, 0.3) is 0 Å². The first-order valence-electron chi connectivity index (χ1n) is 9.56. The Bertz CT molecular complexity index is 760. The Hall–Kier alpha value is -1.16. The molecule has 4 heteroatoms. The van der Waals surface area contributed by atoms with E-state index in [0.717, 1.165) is 21.7 Å². The smallest absolute Gasteiger partial charge is 0.0972 e. The average Bonchev–Trinajstić information content (AvgIpc) is 2.70. The molecule has 142 valence electrons. The second kappa shape index (κ2) is 11.0. The third kappa shape index (κ3) is 7.40. The molecule has 0 atom stereocenters. The van der Waals surface area contributed by atoms with Gasteiger partial charge in [0.25, 0.3) is 0 Å². The molecule has 0 aliphatic heterocycles. The zero-order valence-electron chi connectivity index (χ0n) is 15.7. The van der Waals surface area contributed by atoms with E-state index in [1.54, 1.807) is 11.8 Å². The van der Waals surface area contributed by atoms with Crippen LogP contribution >= 0.6 is 35.1 Å². The van der Waals surface area contributed by atoms with Crippen molar-refractivity contribution in [1.82, 2.24) is 0 Å².